The molecule has 5 rings (SSSR count). The number of hydrogen-bond donors (Lipinski definition) is 1. The SMILES string of the molecule is CCCCN1CC(=O)N2[C@H](c3ccc(OC(C)C)c(OC)c3)c3[nH]c4ccccc4c3C[C@H]2C1=O. The highest BCUT2D eigenvalue weighted by Crippen LogP contribution is 2.44. The van der Waals surface area contributed by atoms with Gasteiger partial charge in [0.15, 0.2) is 11.5 Å². The third kappa shape index (κ3) is 4.03. The van der Waals surface area contributed by atoms with Crippen molar-refractivity contribution in [1.82, 2.24) is 14.8 Å². The number of fused-ring (bicyclic) bond motifs is 4. The van der Waals surface area contributed by atoms with Gasteiger partial charge in [-0.15, -0.1) is 0 Å². The summed E-state index contributed by atoms with van der Waals surface area (Å²) < 4.78 is 11.6. The standard InChI is InChI=1S/C28H33N3O4/c1-5-6-13-30-16-25(32)31-22(28(30)33)15-20-19-9-7-8-10-21(19)29-26(20)27(31)18-11-12-23(35-17(2)3)24(14-18)34-4/h7-12,14,17,22,27,29H,5-6,13,15-16H2,1-4H3/t22-,27+/m0/s1. The number of para-hydroxylation sites is 1. The summed E-state index contributed by atoms with van der Waals surface area (Å²) >= 11 is 0. The zero-order valence-electron chi connectivity index (χ0n) is 20.8. The first-order chi connectivity index (χ1) is 16.9. The summed E-state index contributed by atoms with van der Waals surface area (Å²) in [6.07, 6.45) is 2.38. The van der Waals surface area contributed by atoms with Crippen LogP contribution in [-0.4, -0.2) is 58.9 Å². The van der Waals surface area contributed by atoms with E-state index in [1.54, 1.807) is 16.9 Å². The van der Waals surface area contributed by atoms with E-state index >= 15 is 0 Å². The van der Waals surface area contributed by atoms with Crippen molar-refractivity contribution in [2.75, 3.05) is 20.2 Å². The number of nitrogens with zero attached hydrogens (tertiary/aromatic N) is 2. The number of aromatic amines is 1. The molecule has 2 amide bonds. The van der Waals surface area contributed by atoms with E-state index in [1.807, 2.05) is 50.2 Å². The summed E-state index contributed by atoms with van der Waals surface area (Å²) in [5.74, 6) is 1.27. The molecule has 2 aliphatic heterocycles. The van der Waals surface area contributed by atoms with E-state index in [9.17, 15) is 9.59 Å². The quantitative estimate of drug-likeness (QED) is 0.548. The molecule has 1 N–H and O–H groups in total. The van der Waals surface area contributed by atoms with E-state index in [-0.39, 0.29) is 24.5 Å². The number of H-pyrrole nitrogens is 1. The minimum absolute atomic E-state index is 0.00418. The Hall–Kier alpha value is -3.48. The van der Waals surface area contributed by atoms with Gasteiger partial charge in [0.05, 0.1) is 25.8 Å². The van der Waals surface area contributed by atoms with Crippen LogP contribution < -0.4 is 9.47 Å². The molecule has 35 heavy (non-hydrogen) atoms. The Balaban J connectivity index is 1.65. The molecule has 0 saturated carbocycles. The van der Waals surface area contributed by atoms with Gasteiger partial charge in [0.2, 0.25) is 11.8 Å². The van der Waals surface area contributed by atoms with Crippen molar-refractivity contribution in [1.29, 1.82) is 0 Å². The molecular formula is C28H33N3O4. The minimum Gasteiger partial charge on any atom is -0.493 e. The molecule has 1 fully saturated rings. The molecule has 0 spiro atoms. The highest BCUT2D eigenvalue weighted by atomic mass is 16.5. The van der Waals surface area contributed by atoms with Crippen LogP contribution in [0.25, 0.3) is 10.9 Å². The number of carbonyl (C=O) groups is 2. The normalized spacial score (nSPS) is 19.8. The molecule has 0 bridgehead atoms. The molecule has 3 aromatic rings. The third-order valence-corrected chi connectivity index (χ3v) is 6.99. The summed E-state index contributed by atoms with van der Waals surface area (Å²) in [5.41, 5.74) is 3.97. The zero-order chi connectivity index (χ0) is 24.7. The average molecular weight is 476 g/mol. The van der Waals surface area contributed by atoms with Gasteiger partial charge in [0.1, 0.15) is 6.04 Å². The van der Waals surface area contributed by atoms with Crippen LogP contribution in [0.5, 0.6) is 11.5 Å². The van der Waals surface area contributed by atoms with Crippen molar-refractivity contribution in [2.24, 2.45) is 0 Å². The second kappa shape index (κ2) is 9.29. The van der Waals surface area contributed by atoms with Crippen molar-refractivity contribution in [3.05, 3.63) is 59.3 Å². The Morgan fingerprint density at radius 2 is 1.91 bits per heavy atom. The zero-order valence-corrected chi connectivity index (χ0v) is 20.8. The van der Waals surface area contributed by atoms with Crippen molar-refractivity contribution in [3.63, 3.8) is 0 Å². The number of rotatable bonds is 7. The predicted molar refractivity (Wildman–Crippen MR) is 135 cm³/mol. The molecule has 0 radical (unpaired) electrons. The number of benzene rings is 2. The number of methoxy groups -OCH3 is 1. The van der Waals surface area contributed by atoms with Gasteiger partial charge in [-0.3, -0.25) is 9.59 Å². The van der Waals surface area contributed by atoms with Gasteiger partial charge >= 0.3 is 0 Å². The van der Waals surface area contributed by atoms with Crippen LogP contribution in [0.4, 0.5) is 0 Å². The van der Waals surface area contributed by atoms with Gasteiger partial charge in [-0.05, 0) is 49.6 Å². The van der Waals surface area contributed by atoms with E-state index in [0.717, 1.165) is 40.6 Å². The number of hydrogen-bond acceptors (Lipinski definition) is 4. The molecule has 184 valence electrons. The van der Waals surface area contributed by atoms with Gasteiger partial charge in [-0.2, -0.15) is 0 Å². The van der Waals surface area contributed by atoms with Crippen LogP contribution in [0.3, 0.4) is 0 Å². The van der Waals surface area contributed by atoms with Crippen molar-refractivity contribution in [2.45, 2.75) is 58.2 Å². The van der Waals surface area contributed by atoms with Gasteiger partial charge < -0.3 is 24.3 Å². The number of nitrogens with one attached hydrogen (secondary N) is 1. The van der Waals surface area contributed by atoms with Crippen molar-refractivity contribution in [3.8, 4) is 11.5 Å². The average Bonchev–Trinajstić information content (AvgIpc) is 3.22. The Kier molecular flexibility index (Phi) is 6.17. The second-order valence-electron chi connectivity index (χ2n) is 9.68. The van der Waals surface area contributed by atoms with E-state index < -0.39 is 12.1 Å². The highest BCUT2D eigenvalue weighted by Gasteiger charge is 2.48. The lowest BCUT2D eigenvalue weighted by atomic mass is 9.86. The first-order valence-electron chi connectivity index (χ1n) is 12.5. The van der Waals surface area contributed by atoms with Crippen LogP contribution >= 0.6 is 0 Å². The molecule has 1 saturated heterocycles. The smallest absolute Gasteiger partial charge is 0.246 e. The number of aromatic nitrogens is 1. The number of unbranched alkanes of at least 4 members (excludes halogenated alkanes) is 1. The lowest BCUT2D eigenvalue weighted by molar-refractivity contribution is -0.158. The first-order valence-corrected chi connectivity index (χ1v) is 12.5. The monoisotopic (exact) mass is 475 g/mol. The van der Waals surface area contributed by atoms with Crippen LogP contribution in [-0.2, 0) is 16.0 Å². The molecule has 2 aromatic carbocycles. The lowest BCUT2D eigenvalue weighted by Gasteiger charge is -2.47. The van der Waals surface area contributed by atoms with Crippen LogP contribution in [0.1, 0.15) is 56.5 Å². The maximum Gasteiger partial charge on any atom is 0.246 e. The Morgan fingerprint density at radius 1 is 1.11 bits per heavy atom. The number of amides is 2. The summed E-state index contributed by atoms with van der Waals surface area (Å²) in [5, 5.41) is 1.10. The van der Waals surface area contributed by atoms with Crippen molar-refractivity contribution >= 4 is 22.7 Å². The summed E-state index contributed by atoms with van der Waals surface area (Å²) in [6, 6.07) is 13.0. The van der Waals surface area contributed by atoms with Gasteiger partial charge in [0, 0.05) is 29.6 Å². The molecule has 3 heterocycles. The molecule has 2 aliphatic rings. The topological polar surface area (TPSA) is 74.9 Å². The van der Waals surface area contributed by atoms with Crippen LogP contribution in [0.15, 0.2) is 42.5 Å². The highest BCUT2D eigenvalue weighted by molar-refractivity contribution is 5.97. The number of carbonyl (C=O) groups excluding carboxylic acids is 2. The molecular weight excluding hydrogens is 442 g/mol. The Morgan fingerprint density at radius 3 is 2.66 bits per heavy atom. The summed E-state index contributed by atoms with van der Waals surface area (Å²) in [7, 11) is 1.62. The molecule has 0 unspecified atom stereocenters. The van der Waals surface area contributed by atoms with Gasteiger partial charge in [0.25, 0.3) is 0 Å². The molecule has 1 aromatic heterocycles. The maximum absolute atomic E-state index is 13.6. The fraction of sp³-hybridized carbons (Fsp3) is 0.429. The molecule has 7 heteroatoms. The van der Waals surface area contributed by atoms with Gasteiger partial charge in [-0.25, -0.2) is 0 Å². The number of ether oxygens (including phenoxy) is 2. The largest absolute Gasteiger partial charge is 0.493 e. The van der Waals surface area contributed by atoms with E-state index in [1.165, 1.54) is 0 Å². The predicted octanol–water partition coefficient (Wildman–Crippen LogP) is 4.45. The fourth-order valence-corrected chi connectivity index (χ4v) is 5.41. The molecule has 7 nitrogen and oxygen atoms in total. The minimum atomic E-state index is -0.526. The Bertz CT molecular complexity index is 1260. The van der Waals surface area contributed by atoms with Crippen LogP contribution in [0.2, 0.25) is 0 Å². The van der Waals surface area contributed by atoms with Crippen molar-refractivity contribution < 1.29 is 19.1 Å². The Labute approximate surface area is 206 Å². The first kappa shape index (κ1) is 23.3. The van der Waals surface area contributed by atoms with E-state index in [0.29, 0.717) is 24.5 Å². The van der Waals surface area contributed by atoms with Crippen LogP contribution in [0, 0.1) is 0 Å². The summed E-state index contributed by atoms with van der Waals surface area (Å²) in [4.78, 5) is 34.3. The third-order valence-electron chi connectivity index (χ3n) is 6.99. The summed E-state index contributed by atoms with van der Waals surface area (Å²) in [6.45, 7) is 6.77. The maximum atomic E-state index is 13.6. The number of piperazine rings is 1. The molecule has 0 aliphatic carbocycles. The van der Waals surface area contributed by atoms with Gasteiger partial charge in [-0.1, -0.05) is 37.6 Å². The van der Waals surface area contributed by atoms with E-state index in [4.69, 9.17) is 9.47 Å². The fourth-order valence-electron chi connectivity index (χ4n) is 5.41. The van der Waals surface area contributed by atoms with E-state index in [2.05, 4.69) is 18.0 Å². The second-order valence-corrected chi connectivity index (χ2v) is 9.68. The molecule has 2 atom stereocenters. The lowest BCUT2D eigenvalue weighted by Crippen LogP contribution is -2.63.